The second-order valence-corrected chi connectivity index (χ2v) is 4.44. The molecule has 0 aliphatic rings. The van der Waals surface area contributed by atoms with E-state index in [1.54, 1.807) is 18.2 Å². The Morgan fingerprint density at radius 3 is 2.72 bits per heavy atom. The zero-order valence-corrected chi connectivity index (χ0v) is 10.8. The minimum atomic E-state index is -0.607. The predicted molar refractivity (Wildman–Crippen MR) is 71.4 cm³/mol. The first-order valence-electron chi connectivity index (χ1n) is 5.05. The number of hydrogen-bond acceptors (Lipinski definition) is 4. The van der Waals surface area contributed by atoms with E-state index in [1.165, 1.54) is 12.3 Å². The highest BCUT2D eigenvalue weighted by Crippen LogP contribution is 2.29. The molecule has 1 aromatic carbocycles. The number of anilines is 1. The molecule has 6 heteroatoms. The highest BCUT2D eigenvalue weighted by molar-refractivity contribution is 9.10. The average Bonchev–Trinajstić information content (AvgIpc) is 2.33. The van der Waals surface area contributed by atoms with Gasteiger partial charge in [-0.15, -0.1) is 0 Å². The molecule has 4 N–H and O–H groups in total. The van der Waals surface area contributed by atoms with Gasteiger partial charge in [0.15, 0.2) is 0 Å². The summed E-state index contributed by atoms with van der Waals surface area (Å²) >= 11 is 3.31. The van der Waals surface area contributed by atoms with Gasteiger partial charge in [-0.1, -0.05) is 15.9 Å². The number of nitrogens with zero attached hydrogens (tertiary/aromatic N) is 1. The number of hydrogen-bond donors (Lipinski definition) is 2. The van der Waals surface area contributed by atoms with Crippen molar-refractivity contribution in [1.82, 2.24) is 4.98 Å². The second kappa shape index (κ2) is 5.05. The number of amides is 1. The van der Waals surface area contributed by atoms with Crippen molar-refractivity contribution in [2.24, 2.45) is 5.73 Å². The number of ether oxygens (including phenoxy) is 1. The molecular formula is C12H10BrN3O2. The van der Waals surface area contributed by atoms with Crippen LogP contribution in [0.4, 0.5) is 5.69 Å². The topological polar surface area (TPSA) is 91.2 Å². The average molecular weight is 308 g/mol. The van der Waals surface area contributed by atoms with E-state index in [0.29, 0.717) is 17.2 Å². The van der Waals surface area contributed by atoms with Crippen LogP contribution in [0.1, 0.15) is 10.5 Å². The van der Waals surface area contributed by atoms with Crippen LogP contribution in [0.3, 0.4) is 0 Å². The molecule has 18 heavy (non-hydrogen) atoms. The molecule has 0 radical (unpaired) electrons. The van der Waals surface area contributed by atoms with Gasteiger partial charge in [-0.3, -0.25) is 9.78 Å². The first-order chi connectivity index (χ1) is 8.56. The summed E-state index contributed by atoms with van der Waals surface area (Å²) in [4.78, 5) is 14.8. The maximum absolute atomic E-state index is 11.0. The number of aromatic nitrogens is 1. The van der Waals surface area contributed by atoms with Crippen LogP contribution in [0.2, 0.25) is 0 Å². The number of pyridine rings is 1. The molecule has 0 fully saturated rings. The van der Waals surface area contributed by atoms with Gasteiger partial charge in [0.05, 0.1) is 5.69 Å². The molecule has 0 aliphatic carbocycles. The van der Waals surface area contributed by atoms with Gasteiger partial charge in [-0.2, -0.15) is 0 Å². The van der Waals surface area contributed by atoms with E-state index < -0.39 is 5.91 Å². The molecule has 0 aliphatic heterocycles. The van der Waals surface area contributed by atoms with Gasteiger partial charge < -0.3 is 16.2 Å². The van der Waals surface area contributed by atoms with Crippen molar-refractivity contribution in [1.29, 1.82) is 0 Å². The number of nitrogens with two attached hydrogens (primary N) is 2. The zero-order chi connectivity index (χ0) is 13.1. The Morgan fingerprint density at radius 2 is 2.06 bits per heavy atom. The third-order valence-electron chi connectivity index (χ3n) is 2.18. The van der Waals surface area contributed by atoms with Gasteiger partial charge in [0.25, 0.3) is 5.91 Å². The Hall–Kier alpha value is -2.08. The Bertz CT molecular complexity index is 602. The van der Waals surface area contributed by atoms with E-state index in [9.17, 15) is 4.79 Å². The van der Waals surface area contributed by atoms with Crippen molar-refractivity contribution in [2.75, 3.05) is 5.73 Å². The van der Waals surface area contributed by atoms with Crippen molar-refractivity contribution < 1.29 is 9.53 Å². The van der Waals surface area contributed by atoms with Gasteiger partial charge in [0, 0.05) is 16.7 Å². The number of primary amides is 1. The number of carbonyl (C=O) groups is 1. The highest BCUT2D eigenvalue weighted by Gasteiger charge is 2.06. The van der Waals surface area contributed by atoms with Crippen LogP contribution in [-0.2, 0) is 0 Å². The molecule has 0 atom stereocenters. The molecule has 0 saturated heterocycles. The molecule has 5 nitrogen and oxygen atoms in total. The van der Waals surface area contributed by atoms with E-state index in [4.69, 9.17) is 16.2 Å². The summed E-state index contributed by atoms with van der Waals surface area (Å²) in [7, 11) is 0. The first kappa shape index (κ1) is 12.4. The van der Waals surface area contributed by atoms with Crippen molar-refractivity contribution in [3.05, 3.63) is 46.7 Å². The number of halogens is 1. The molecule has 0 unspecified atom stereocenters. The summed E-state index contributed by atoms with van der Waals surface area (Å²) in [6.45, 7) is 0. The summed E-state index contributed by atoms with van der Waals surface area (Å²) in [5, 5.41) is 0. The van der Waals surface area contributed by atoms with Crippen LogP contribution < -0.4 is 16.2 Å². The van der Waals surface area contributed by atoms with Crippen LogP contribution in [0, 0.1) is 0 Å². The van der Waals surface area contributed by atoms with Crippen molar-refractivity contribution in [3.8, 4) is 11.5 Å². The van der Waals surface area contributed by atoms with Crippen LogP contribution >= 0.6 is 15.9 Å². The van der Waals surface area contributed by atoms with Gasteiger partial charge in [0.1, 0.15) is 17.2 Å². The monoisotopic (exact) mass is 307 g/mol. The maximum Gasteiger partial charge on any atom is 0.267 e. The number of carbonyl (C=O) groups excluding carboxylic acids is 1. The van der Waals surface area contributed by atoms with Crippen LogP contribution in [0.15, 0.2) is 41.0 Å². The van der Waals surface area contributed by atoms with Crippen molar-refractivity contribution in [3.63, 3.8) is 0 Å². The lowest BCUT2D eigenvalue weighted by Crippen LogP contribution is -2.12. The van der Waals surface area contributed by atoms with E-state index in [0.717, 1.165) is 4.47 Å². The fraction of sp³-hybridized carbons (Fsp3) is 0. The smallest absolute Gasteiger partial charge is 0.267 e. The third-order valence-corrected chi connectivity index (χ3v) is 2.68. The lowest BCUT2D eigenvalue weighted by atomic mass is 10.3. The maximum atomic E-state index is 11.0. The Balaban J connectivity index is 2.28. The van der Waals surface area contributed by atoms with E-state index in [-0.39, 0.29) is 5.69 Å². The molecule has 1 amide bonds. The summed E-state index contributed by atoms with van der Waals surface area (Å²) in [5.74, 6) is 0.344. The Morgan fingerprint density at radius 1 is 1.28 bits per heavy atom. The molecular weight excluding hydrogens is 298 g/mol. The van der Waals surface area contributed by atoms with Crippen LogP contribution in [0.25, 0.3) is 0 Å². The Kier molecular flexibility index (Phi) is 3.47. The number of rotatable bonds is 3. The number of benzene rings is 1. The summed E-state index contributed by atoms with van der Waals surface area (Å²) in [5.41, 5.74) is 11.6. The van der Waals surface area contributed by atoms with Crippen molar-refractivity contribution >= 4 is 27.5 Å². The molecule has 1 heterocycles. The summed E-state index contributed by atoms with van der Waals surface area (Å²) in [6.07, 6.45) is 1.45. The first-order valence-corrected chi connectivity index (χ1v) is 5.84. The molecule has 92 valence electrons. The minimum absolute atomic E-state index is 0.142. The molecule has 2 rings (SSSR count). The van der Waals surface area contributed by atoms with E-state index >= 15 is 0 Å². The lowest BCUT2D eigenvalue weighted by molar-refractivity contribution is 0.0995. The third kappa shape index (κ3) is 2.78. The molecule has 1 aromatic heterocycles. The largest absolute Gasteiger partial charge is 0.455 e. The summed E-state index contributed by atoms with van der Waals surface area (Å²) in [6, 6.07) is 8.34. The van der Waals surface area contributed by atoms with E-state index in [1.807, 2.05) is 6.07 Å². The van der Waals surface area contributed by atoms with E-state index in [2.05, 4.69) is 20.9 Å². The fourth-order valence-electron chi connectivity index (χ4n) is 1.35. The molecule has 0 bridgehead atoms. The van der Waals surface area contributed by atoms with Gasteiger partial charge in [0.2, 0.25) is 0 Å². The molecule has 0 saturated carbocycles. The Labute approximate surface area is 112 Å². The zero-order valence-electron chi connectivity index (χ0n) is 9.26. The van der Waals surface area contributed by atoms with Gasteiger partial charge in [-0.25, -0.2) is 0 Å². The predicted octanol–water partition coefficient (Wildman–Crippen LogP) is 2.32. The normalized spacial score (nSPS) is 10.1. The second-order valence-electron chi connectivity index (χ2n) is 3.53. The van der Waals surface area contributed by atoms with Crippen LogP contribution in [-0.4, -0.2) is 10.9 Å². The SMILES string of the molecule is NC(=O)c1cc(Oc2ccc(Br)cc2N)ccn1. The molecule has 2 aromatic rings. The quantitative estimate of drug-likeness (QED) is 0.851. The lowest BCUT2D eigenvalue weighted by Gasteiger charge is -2.08. The molecule has 0 spiro atoms. The standard InChI is InChI=1S/C12H10BrN3O2/c13-7-1-2-11(9(14)5-7)18-8-3-4-16-10(6-8)12(15)17/h1-6H,14H2,(H2,15,17). The number of nitrogen functional groups attached to an aromatic ring is 1. The summed E-state index contributed by atoms with van der Waals surface area (Å²) < 4.78 is 6.42. The minimum Gasteiger partial charge on any atom is -0.455 e. The van der Waals surface area contributed by atoms with Gasteiger partial charge in [-0.05, 0) is 24.3 Å². The van der Waals surface area contributed by atoms with Crippen molar-refractivity contribution in [2.45, 2.75) is 0 Å². The highest BCUT2D eigenvalue weighted by atomic mass is 79.9. The van der Waals surface area contributed by atoms with Crippen LogP contribution in [0.5, 0.6) is 11.5 Å². The fourth-order valence-corrected chi connectivity index (χ4v) is 1.73. The van der Waals surface area contributed by atoms with Gasteiger partial charge >= 0.3 is 0 Å².